The number of ether oxygens (including phenoxy) is 1. The van der Waals surface area contributed by atoms with Crippen LogP contribution in [0.25, 0.3) is 0 Å². The molecule has 4 aromatic rings. The molecule has 16 nitrogen and oxygen atoms in total. The summed E-state index contributed by atoms with van der Waals surface area (Å²) in [6.07, 6.45) is 13.6. The molecule has 8 rings (SSSR count). The molecule has 3 atom stereocenters. The van der Waals surface area contributed by atoms with E-state index in [9.17, 15) is 19.5 Å². The van der Waals surface area contributed by atoms with Crippen molar-refractivity contribution in [1.29, 1.82) is 0 Å². The lowest BCUT2D eigenvalue weighted by Crippen LogP contribution is -2.52. The van der Waals surface area contributed by atoms with Crippen molar-refractivity contribution in [3.05, 3.63) is 71.1 Å². The lowest BCUT2D eigenvalue weighted by molar-refractivity contribution is -0.134. The zero-order chi connectivity index (χ0) is 38.9. The third-order valence-corrected chi connectivity index (χ3v) is 11.9. The van der Waals surface area contributed by atoms with E-state index in [1.165, 1.54) is 38.5 Å². The Kier molecular flexibility index (Phi) is 10.8. The molecule has 0 saturated heterocycles. The molecule has 4 aliphatic rings. The third kappa shape index (κ3) is 8.94. The largest absolute Gasteiger partial charge is 0.508 e. The monoisotopic (exact) mass is 756 g/mol. The topological polar surface area (TPSA) is 231 Å². The minimum absolute atomic E-state index is 0.0712. The lowest BCUT2D eigenvalue weighted by Gasteiger charge is -2.56. The van der Waals surface area contributed by atoms with Crippen molar-refractivity contribution in [1.82, 2.24) is 39.9 Å². The van der Waals surface area contributed by atoms with Crippen LogP contribution < -0.4 is 22.1 Å². The molecule has 0 spiro atoms. The number of amides is 3. The number of carbonyl (C=O) groups is 3. The molecule has 4 fully saturated rings. The molecule has 7 N–H and O–H groups in total. The number of phenolic OH excluding ortho intramolecular Hbond substituents is 1. The van der Waals surface area contributed by atoms with Crippen LogP contribution >= 0.6 is 0 Å². The van der Waals surface area contributed by atoms with Crippen molar-refractivity contribution >= 4 is 23.9 Å². The highest BCUT2D eigenvalue weighted by Crippen LogP contribution is 2.60. The number of carbonyl (C=O) groups excluding carboxylic acids is 3. The summed E-state index contributed by atoms with van der Waals surface area (Å²) in [5.74, 6) is 2.44. The van der Waals surface area contributed by atoms with Gasteiger partial charge in [0, 0.05) is 51.4 Å². The van der Waals surface area contributed by atoms with Crippen LogP contribution in [-0.2, 0) is 47.2 Å². The summed E-state index contributed by atoms with van der Waals surface area (Å²) in [5, 5.41) is 20.6. The van der Waals surface area contributed by atoms with E-state index < -0.39 is 36.1 Å². The van der Waals surface area contributed by atoms with Gasteiger partial charge in [-0.05, 0) is 117 Å². The molecule has 55 heavy (non-hydrogen) atoms. The van der Waals surface area contributed by atoms with E-state index in [1.807, 2.05) is 31.7 Å². The SMILES string of the molecule is Cc1cc(O)cc(C)c1CC(NC(=O)C(CCCn1ccnc1N)OC(N)=O)C(=O)NC(Cc1cn(C)cn1)c1nc(CC23CC4CC(CC(C4)C2)C3)no1. The molecule has 4 bridgehead atoms. The van der Waals surface area contributed by atoms with Gasteiger partial charge >= 0.3 is 6.09 Å². The quantitative estimate of drug-likeness (QED) is 0.111. The number of aryl methyl sites for hydroxylation is 4. The number of benzene rings is 1. The highest BCUT2D eigenvalue weighted by atomic mass is 16.6. The first-order valence-corrected chi connectivity index (χ1v) is 19.2. The molecule has 3 heterocycles. The Bertz CT molecular complexity index is 1960. The first-order valence-electron chi connectivity index (χ1n) is 19.2. The average molecular weight is 757 g/mol. The first kappa shape index (κ1) is 37.9. The number of imidazole rings is 2. The number of nitrogen functional groups attached to an aromatic ring is 1. The summed E-state index contributed by atoms with van der Waals surface area (Å²) in [7, 11) is 1.86. The molecule has 1 aromatic carbocycles. The van der Waals surface area contributed by atoms with Gasteiger partial charge in [0.25, 0.3) is 5.91 Å². The number of aromatic nitrogens is 6. The third-order valence-electron chi connectivity index (χ3n) is 11.9. The average Bonchev–Trinajstić information content (AvgIpc) is 3.85. The molecule has 294 valence electrons. The van der Waals surface area contributed by atoms with Gasteiger partial charge in [-0.15, -0.1) is 0 Å². The normalized spacial score (nSPS) is 22.9. The van der Waals surface area contributed by atoms with Crippen molar-refractivity contribution in [3.63, 3.8) is 0 Å². The number of nitrogens with zero attached hydrogens (tertiary/aromatic N) is 6. The number of aromatic hydroxyl groups is 1. The standard InChI is InChI=1S/C39H52N10O6/c1-22-9-28(50)10-23(2)29(22)15-30(44-35(52)32(54-38(41)53)5-4-7-49-8-6-42-37(49)40)34(51)45-31(14-27-20-48(3)21-43-27)36-46-33(47-55-36)19-39-16-24-11-25(17-39)13-26(12-24)18-39/h6,8-10,20-21,24-26,30-32,50H,4-5,7,11-19H2,1-3H3,(H2,40,42)(H2,41,53)(H,44,52)(H,45,51). The molecule has 3 amide bonds. The van der Waals surface area contributed by atoms with Gasteiger partial charge in [-0.2, -0.15) is 4.98 Å². The second kappa shape index (κ2) is 15.7. The number of rotatable bonds is 16. The minimum atomic E-state index is -1.29. The predicted molar refractivity (Wildman–Crippen MR) is 200 cm³/mol. The van der Waals surface area contributed by atoms with Gasteiger partial charge in [0.2, 0.25) is 11.8 Å². The van der Waals surface area contributed by atoms with Crippen LogP contribution in [0.15, 0.2) is 41.6 Å². The summed E-state index contributed by atoms with van der Waals surface area (Å²) in [4.78, 5) is 53.6. The van der Waals surface area contributed by atoms with Gasteiger partial charge < -0.3 is 45.6 Å². The van der Waals surface area contributed by atoms with Crippen molar-refractivity contribution in [2.45, 2.75) is 109 Å². The number of anilines is 1. The number of nitrogens with one attached hydrogen (secondary N) is 2. The fraction of sp³-hybridized carbons (Fsp3) is 0.564. The molecular formula is C39H52N10O6. The van der Waals surface area contributed by atoms with Crippen LogP contribution in [0.1, 0.15) is 91.5 Å². The Balaban J connectivity index is 1.12. The van der Waals surface area contributed by atoms with Crippen molar-refractivity contribution < 1.29 is 28.8 Å². The van der Waals surface area contributed by atoms with E-state index >= 15 is 0 Å². The van der Waals surface area contributed by atoms with Gasteiger partial charge in [0.05, 0.1) is 12.0 Å². The Morgan fingerprint density at radius 2 is 1.73 bits per heavy atom. The van der Waals surface area contributed by atoms with Gasteiger partial charge in [-0.3, -0.25) is 9.59 Å². The molecule has 4 saturated carbocycles. The van der Waals surface area contributed by atoms with Crippen LogP contribution in [0.5, 0.6) is 5.75 Å². The highest BCUT2D eigenvalue weighted by Gasteiger charge is 2.51. The van der Waals surface area contributed by atoms with Crippen molar-refractivity contribution in [3.8, 4) is 5.75 Å². The molecule has 0 radical (unpaired) electrons. The first-order chi connectivity index (χ1) is 26.3. The zero-order valence-electron chi connectivity index (χ0n) is 31.7. The maximum atomic E-state index is 14.5. The summed E-state index contributed by atoms with van der Waals surface area (Å²) < 4.78 is 14.7. The van der Waals surface area contributed by atoms with Crippen LogP contribution in [0.3, 0.4) is 0 Å². The van der Waals surface area contributed by atoms with E-state index in [1.54, 1.807) is 35.4 Å². The van der Waals surface area contributed by atoms with E-state index in [0.717, 1.165) is 40.9 Å². The summed E-state index contributed by atoms with van der Waals surface area (Å²) in [5.41, 5.74) is 14.4. The molecular weight excluding hydrogens is 704 g/mol. The fourth-order valence-corrected chi connectivity index (χ4v) is 9.91. The summed E-state index contributed by atoms with van der Waals surface area (Å²) in [6.45, 7) is 4.07. The van der Waals surface area contributed by atoms with Crippen LogP contribution in [0.2, 0.25) is 0 Å². The van der Waals surface area contributed by atoms with E-state index in [0.29, 0.717) is 30.4 Å². The molecule has 3 unspecified atom stereocenters. The smallest absolute Gasteiger partial charge is 0.405 e. The number of nitrogens with two attached hydrogens (primary N) is 2. The number of hydrogen-bond donors (Lipinski definition) is 5. The Morgan fingerprint density at radius 1 is 1.04 bits per heavy atom. The zero-order valence-corrected chi connectivity index (χ0v) is 31.7. The second-order valence-corrected chi connectivity index (χ2v) is 16.3. The van der Waals surface area contributed by atoms with Crippen LogP contribution in [-0.4, -0.2) is 64.4 Å². The van der Waals surface area contributed by atoms with Crippen LogP contribution in [0.4, 0.5) is 10.7 Å². The van der Waals surface area contributed by atoms with Gasteiger partial charge in [0.1, 0.15) is 17.8 Å². The van der Waals surface area contributed by atoms with Crippen molar-refractivity contribution in [2.75, 3.05) is 5.73 Å². The second-order valence-electron chi connectivity index (χ2n) is 16.3. The summed E-state index contributed by atoms with van der Waals surface area (Å²) >= 11 is 0. The van der Waals surface area contributed by atoms with E-state index in [4.69, 9.17) is 25.7 Å². The van der Waals surface area contributed by atoms with E-state index in [-0.39, 0.29) is 36.3 Å². The minimum Gasteiger partial charge on any atom is -0.508 e. The number of primary amides is 1. The maximum absolute atomic E-state index is 14.5. The molecule has 3 aromatic heterocycles. The number of hydrogen-bond acceptors (Lipinski definition) is 11. The Labute approximate surface area is 319 Å². The molecule has 0 aliphatic heterocycles. The molecule has 16 heteroatoms. The Morgan fingerprint density at radius 3 is 2.33 bits per heavy atom. The molecule has 4 aliphatic carbocycles. The number of phenols is 1. The fourth-order valence-electron chi connectivity index (χ4n) is 9.91. The maximum Gasteiger partial charge on any atom is 0.405 e. The van der Waals surface area contributed by atoms with Gasteiger partial charge in [-0.25, -0.2) is 14.8 Å². The van der Waals surface area contributed by atoms with Gasteiger partial charge in [0.15, 0.2) is 17.9 Å². The van der Waals surface area contributed by atoms with E-state index in [2.05, 4.69) is 25.8 Å². The van der Waals surface area contributed by atoms with Crippen LogP contribution in [0, 0.1) is 37.0 Å². The Hall–Kier alpha value is -5.41. The highest BCUT2D eigenvalue weighted by molar-refractivity contribution is 5.90. The van der Waals surface area contributed by atoms with Crippen molar-refractivity contribution in [2.24, 2.45) is 36.0 Å². The van der Waals surface area contributed by atoms with Gasteiger partial charge in [-0.1, -0.05) is 5.16 Å². The summed E-state index contributed by atoms with van der Waals surface area (Å²) in [6, 6.07) is 1.30. The lowest BCUT2D eigenvalue weighted by atomic mass is 9.49. The predicted octanol–water partition coefficient (Wildman–Crippen LogP) is 3.73.